The highest BCUT2D eigenvalue weighted by Gasteiger charge is 2.42. The zero-order valence-corrected chi connectivity index (χ0v) is 29.7. The number of methoxy groups -OCH3 is 3. The van der Waals surface area contributed by atoms with Crippen LogP contribution in [0.25, 0.3) is 0 Å². The summed E-state index contributed by atoms with van der Waals surface area (Å²) in [5, 5.41) is 5.71. The highest BCUT2D eigenvalue weighted by Crippen LogP contribution is 2.29. The van der Waals surface area contributed by atoms with Crippen molar-refractivity contribution in [1.29, 1.82) is 0 Å². The van der Waals surface area contributed by atoms with E-state index in [-0.39, 0.29) is 54.9 Å². The van der Waals surface area contributed by atoms with Crippen LogP contribution < -0.4 is 10.6 Å². The Kier molecular flexibility index (Phi) is 15.4. The third kappa shape index (κ3) is 10.7. The monoisotopic (exact) mass is 685 g/mol. The lowest BCUT2D eigenvalue weighted by molar-refractivity contribution is -0.148. The van der Waals surface area contributed by atoms with Gasteiger partial charge in [0, 0.05) is 34.2 Å². The van der Waals surface area contributed by atoms with E-state index in [0.29, 0.717) is 13.0 Å². The fraction of sp³-hybridized carbons (Fsp3) is 0.583. The van der Waals surface area contributed by atoms with Gasteiger partial charge in [-0.25, -0.2) is 9.78 Å². The molecule has 0 radical (unpaired) electrons. The maximum atomic E-state index is 14.0. The van der Waals surface area contributed by atoms with Crippen molar-refractivity contribution in [2.75, 3.05) is 46.8 Å². The first kappa shape index (κ1) is 39.3. The predicted molar refractivity (Wildman–Crippen MR) is 183 cm³/mol. The quantitative estimate of drug-likeness (QED) is 0.179. The van der Waals surface area contributed by atoms with Crippen molar-refractivity contribution in [2.45, 2.75) is 83.2 Å². The zero-order chi connectivity index (χ0) is 36.1. The van der Waals surface area contributed by atoms with E-state index < -0.39 is 42.1 Å². The van der Waals surface area contributed by atoms with Crippen molar-refractivity contribution >= 4 is 29.5 Å². The van der Waals surface area contributed by atoms with Crippen molar-refractivity contribution in [3.63, 3.8) is 0 Å². The Morgan fingerprint density at radius 1 is 1.04 bits per heavy atom. The largest absolute Gasteiger partial charge is 0.467 e. The normalized spacial score (nSPS) is 18.0. The zero-order valence-electron chi connectivity index (χ0n) is 29.7. The second kappa shape index (κ2) is 19.2. The van der Waals surface area contributed by atoms with Gasteiger partial charge >= 0.3 is 5.97 Å². The molecule has 49 heavy (non-hydrogen) atoms. The average Bonchev–Trinajstić information content (AvgIpc) is 3.59. The van der Waals surface area contributed by atoms with Crippen LogP contribution in [-0.2, 0) is 39.8 Å². The van der Waals surface area contributed by atoms with Gasteiger partial charge in [-0.2, -0.15) is 4.39 Å². The number of hydrogen-bond donors (Lipinski definition) is 2. The Balaban J connectivity index is 1.71. The Morgan fingerprint density at radius 2 is 1.76 bits per heavy atom. The molecule has 0 saturated carbocycles. The van der Waals surface area contributed by atoms with E-state index in [1.54, 1.807) is 29.8 Å². The van der Waals surface area contributed by atoms with E-state index in [1.807, 2.05) is 44.2 Å². The number of likely N-dealkylation sites (N-methyl/N-ethyl adjacent to an activating group) is 1. The number of amides is 3. The fourth-order valence-electron chi connectivity index (χ4n) is 6.61. The van der Waals surface area contributed by atoms with Crippen molar-refractivity contribution in [3.8, 4) is 0 Å². The fourth-order valence-corrected chi connectivity index (χ4v) is 6.61. The summed E-state index contributed by atoms with van der Waals surface area (Å²) in [7, 11) is 6.00. The van der Waals surface area contributed by atoms with Gasteiger partial charge < -0.3 is 34.6 Å². The molecule has 0 aliphatic carbocycles. The average molecular weight is 686 g/mol. The lowest BCUT2D eigenvalue weighted by Crippen LogP contribution is -2.54. The first-order valence-corrected chi connectivity index (χ1v) is 16.8. The minimum atomic E-state index is -0.888. The van der Waals surface area contributed by atoms with Gasteiger partial charge in [-0.3, -0.25) is 14.4 Å². The molecule has 6 unspecified atom stereocenters. The van der Waals surface area contributed by atoms with E-state index in [4.69, 9.17) is 14.2 Å². The van der Waals surface area contributed by atoms with Gasteiger partial charge in [0.25, 0.3) is 0 Å². The number of nitrogens with zero attached hydrogens (tertiary/aromatic N) is 3. The second-order valence-corrected chi connectivity index (χ2v) is 12.6. The second-order valence-electron chi connectivity index (χ2n) is 12.6. The molecule has 7 atom stereocenters. The van der Waals surface area contributed by atoms with Crippen LogP contribution in [0.4, 0.5) is 10.2 Å². The summed E-state index contributed by atoms with van der Waals surface area (Å²) in [5.74, 6) is -2.48. The standard InChI is InChI=1S/C36H52FN5O7/c1-8-23(2)33(41(4)32(44)22-38-30-18-12-17-29(37)40-30)28(47-5)21-31(43)42-19-13-16-27(42)34(48-6)24(3)35(45)39-26(36(46)49-7)20-25-14-10-9-11-15-25/h9-12,14-15,17-18,23-24,26-28,33-34H,8,13,16,19-22H2,1-7H3,(H,38,40)(H,39,45)/t23?,24?,26-,27?,28?,33?,34?/m0/s1. The Bertz CT molecular complexity index is 1380. The summed E-state index contributed by atoms with van der Waals surface area (Å²) < 4.78 is 30.3. The number of benzene rings is 1. The van der Waals surface area contributed by atoms with Crippen LogP contribution in [0.2, 0.25) is 0 Å². The lowest BCUT2D eigenvalue weighted by atomic mass is 9.90. The van der Waals surface area contributed by atoms with Crippen molar-refractivity contribution < 1.29 is 37.8 Å². The predicted octanol–water partition coefficient (Wildman–Crippen LogP) is 3.45. The molecule has 1 aromatic carbocycles. The first-order chi connectivity index (χ1) is 23.4. The molecule has 3 amide bonds. The molecule has 0 spiro atoms. The molecule has 1 aliphatic rings. The van der Waals surface area contributed by atoms with Crippen molar-refractivity contribution in [2.24, 2.45) is 11.8 Å². The minimum absolute atomic E-state index is 0.0109. The molecule has 3 rings (SSSR count). The number of hydrogen-bond acceptors (Lipinski definition) is 9. The van der Waals surface area contributed by atoms with Gasteiger partial charge in [-0.15, -0.1) is 0 Å². The molecular formula is C36H52FN5O7. The van der Waals surface area contributed by atoms with Gasteiger partial charge in [0.05, 0.1) is 50.3 Å². The number of halogens is 1. The minimum Gasteiger partial charge on any atom is -0.467 e. The number of carbonyl (C=O) groups is 4. The van der Waals surface area contributed by atoms with Gasteiger partial charge in [-0.1, -0.05) is 63.6 Å². The maximum absolute atomic E-state index is 14.0. The van der Waals surface area contributed by atoms with Crippen LogP contribution in [0.1, 0.15) is 52.0 Å². The summed E-state index contributed by atoms with van der Waals surface area (Å²) in [6, 6.07) is 11.9. The molecule has 2 aromatic rings. The molecular weight excluding hydrogens is 633 g/mol. The van der Waals surface area contributed by atoms with Crippen LogP contribution in [0.5, 0.6) is 0 Å². The SMILES string of the molecule is CCC(C)C(C(CC(=O)N1CCCC1C(OC)C(C)C(=O)N[C@@H](Cc1ccccc1)C(=O)OC)OC)N(C)C(=O)CNc1cccc(F)n1. The van der Waals surface area contributed by atoms with E-state index >= 15 is 0 Å². The molecule has 2 heterocycles. The van der Waals surface area contributed by atoms with Crippen LogP contribution >= 0.6 is 0 Å². The highest BCUT2D eigenvalue weighted by molar-refractivity contribution is 5.86. The molecule has 270 valence electrons. The van der Waals surface area contributed by atoms with E-state index in [1.165, 1.54) is 33.5 Å². The molecule has 1 fully saturated rings. The summed E-state index contributed by atoms with van der Waals surface area (Å²) in [6.45, 7) is 6.12. The molecule has 2 N–H and O–H groups in total. The van der Waals surface area contributed by atoms with Crippen molar-refractivity contribution in [1.82, 2.24) is 20.1 Å². The Morgan fingerprint density at radius 3 is 2.37 bits per heavy atom. The third-order valence-corrected chi connectivity index (χ3v) is 9.53. The first-order valence-electron chi connectivity index (χ1n) is 16.8. The number of likely N-dealkylation sites (tertiary alicyclic amines) is 1. The molecule has 13 heteroatoms. The van der Waals surface area contributed by atoms with Crippen LogP contribution in [-0.4, -0.2) is 110 Å². The number of aromatic nitrogens is 1. The molecule has 1 aliphatic heterocycles. The van der Waals surface area contributed by atoms with Crippen molar-refractivity contribution in [3.05, 3.63) is 60.0 Å². The number of esters is 1. The summed E-state index contributed by atoms with van der Waals surface area (Å²) in [6.07, 6.45) is 1.12. The van der Waals surface area contributed by atoms with Gasteiger partial charge in [-0.05, 0) is 36.5 Å². The summed E-state index contributed by atoms with van der Waals surface area (Å²) in [4.78, 5) is 60.5. The number of carbonyl (C=O) groups excluding carboxylic acids is 4. The number of ether oxygens (including phenoxy) is 3. The Hall–Kier alpha value is -4.10. The molecule has 1 aromatic heterocycles. The number of anilines is 1. The van der Waals surface area contributed by atoms with E-state index in [9.17, 15) is 23.6 Å². The third-order valence-electron chi connectivity index (χ3n) is 9.53. The van der Waals surface area contributed by atoms with E-state index in [2.05, 4.69) is 15.6 Å². The Labute approximate surface area is 289 Å². The topological polar surface area (TPSA) is 139 Å². The van der Waals surface area contributed by atoms with E-state index in [0.717, 1.165) is 18.4 Å². The maximum Gasteiger partial charge on any atom is 0.328 e. The highest BCUT2D eigenvalue weighted by atomic mass is 19.1. The number of rotatable bonds is 18. The van der Waals surface area contributed by atoms with Gasteiger partial charge in [0.15, 0.2) is 0 Å². The summed E-state index contributed by atoms with van der Waals surface area (Å²) >= 11 is 0. The van der Waals surface area contributed by atoms with Gasteiger partial charge in [0.1, 0.15) is 11.9 Å². The molecule has 12 nitrogen and oxygen atoms in total. The smallest absolute Gasteiger partial charge is 0.328 e. The van der Waals surface area contributed by atoms with Gasteiger partial charge in [0.2, 0.25) is 23.7 Å². The molecule has 0 bridgehead atoms. The molecule has 1 saturated heterocycles. The summed E-state index contributed by atoms with van der Waals surface area (Å²) in [5.41, 5.74) is 0.873. The lowest BCUT2D eigenvalue weighted by Gasteiger charge is -2.39. The number of pyridine rings is 1. The van der Waals surface area contributed by atoms with Crippen LogP contribution in [0.3, 0.4) is 0 Å². The number of nitrogens with one attached hydrogen (secondary N) is 2. The van der Waals surface area contributed by atoms with Crippen LogP contribution in [0, 0.1) is 17.8 Å². The van der Waals surface area contributed by atoms with Crippen LogP contribution in [0.15, 0.2) is 48.5 Å².